The Bertz CT molecular complexity index is 1070. The molecule has 19 heteroatoms. The zero-order chi connectivity index (χ0) is 39.2. The van der Waals surface area contributed by atoms with Gasteiger partial charge in [0.2, 0.25) is 5.91 Å². The van der Waals surface area contributed by atoms with Gasteiger partial charge in [0.05, 0.1) is 38.6 Å². The molecule has 0 spiro atoms. The molecule has 3 rings (SSSR count). The van der Waals surface area contributed by atoms with E-state index in [0.29, 0.717) is 12.8 Å². The van der Waals surface area contributed by atoms with Gasteiger partial charge < -0.3 is 89.9 Å². The van der Waals surface area contributed by atoms with Crippen molar-refractivity contribution in [2.45, 2.75) is 169 Å². The van der Waals surface area contributed by atoms with E-state index >= 15 is 0 Å². The number of unbranched alkanes of at least 4 members (excludes halogenated alkanes) is 5. The molecule has 53 heavy (non-hydrogen) atoms. The third-order valence-corrected chi connectivity index (χ3v) is 9.57. The number of aliphatic hydroxyl groups excluding tert-OH is 11. The number of carbonyl (C=O) groups excluding carboxylic acids is 1. The second kappa shape index (κ2) is 22.9. The zero-order valence-corrected chi connectivity index (χ0v) is 30.2. The molecule has 0 radical (unpaired) electrons. The molecular weight excluding hydrogens is 710 g/mol. The van der Waals surface area contributed by atoms with Gasteiger partial charge in [-0.1, -0.05) is 58.1 Å². The van der Waals surface area contributed by atoms with Crippen LogP contribution in [0.3, 0.4) is 0 Å². The first-order chi connectivity index (χ1) is 25.3. The molecule has 3 aliphatic rings. The summed E-state index contributed by atoms with van der Waals surface area (Å²) in [5.41, 5.74) is 0. The number of amides is 1. The van der Waals surface area contributed by atoms with E-state index in [-0.39, 0.29) is 18.9 Å². The summed E-state index contributed by atoms with van der Waals surface area (Å²) in [4.78, 5) is 12.7. The van der Waals surface area contributed by atoms with Crippen molar-refractivity contribution >= 4 is 5.91 Å². The van der Waals surface area contributed by atoms with Crippen LogP contribution in [-0.4, -0.2) is 193 Å². The highest BCUT2D eigenvalue weighted by Crippen LogP contribution is 2.32. The zero-order valence-electron chi connectivity index (χ0n) is 30.2. The van der Waals surface area contributed by atoms with Gasteiger partial charge in [0.15, 0.2) is 18.9 Å². The number of rotatable bonds is 21. The molecule has 3 aliphatic heterocycles. The van der Waals surface area contributed by atoms with Crippen molar-refractivity contribution in [1.82, 2.24) is 5.32 Å². The van der Waals surface area contributed by atoms with Crippen molar-refractivity contribution in [2.75, 3.05) is 26.4 Å². The van der Waals surface area contributed by atoms with E-state index in [0.717, 1.165) is 32.1 Å². The third-order valence-electron chi connectivity index (χ3n) is 9.57. The van der Waals surface area contributed by atoms with Crippen molar-refractivity contribution in [3.8, 4) is 0 Å². The van der Waals surface area contributed by atoms with E-state index in [2.05, 4.69) is 12.2 Å². The monoisotopic (exact) mass is 771 g/mol. The fourth-order valence-electron chi connectivity index (χ4n) is 6.31. The molecule has 19 nitrogen and oxygen atoms in total. The van der Waals surface area contributed by atoms with Crippen LogP contribution in [0.5, 0.6) is 0 Å². The van der Waals surface area contributed by atoms with Gasteiger partial charge in [0.1, 0.15) is 73.2 Å². The van der Waals surface area contributed by atoms with E-state index in [4.69, 9.17) is 28.4 Å². The molecular formula is C34H61NO18. The van der Waals surface area contributed by atoms with E-state index in [1.165, 1.54) is 6.08 Å². The fraction of sp³-hybridized carbons (Fsp3) is 0.912. The number of ether oxygens (including phenoxy) is 6. The summed E-state index contributed by atoms with van der Waals surface area (Å²) in [6.07, 6.45) is -17.0. The molecule has 0 aromatic carbocycles. The quantitative estimate of drug-likeness (QED) is 0.0391. The minimum Gasteiger partial charge on any atom is -0.394 e. The molecule has 3 heterocycles. The second-order valence-corrected chi connectivity index (χ2v) is 13.7. The Morgan fingerprint density at radius 1 is 0.660 bits per heavy atom. The van der Waals surface area contributed by atoms with Gasteiger partial charge in [-0.3, -0.25) is 4.79 Å². The number of hydrogen-bond donors (Lipinski definition) is 12. The topological polar surface area (TPSA) is 307 Å². The molecule has 1 amide bonds. The first-order valence-corrected chi connectivity index (χ1v) is 18.4. The number of allylic oxidation sites excluding steroid dienone is 1. The lowest BCUT2D eigenvalue weighted by Crippen LogP contribution is -2.66. The fourth-order valence-corrected chi connectivity index (χ4v) is 6.31. The first kappa shape index (κ1) is 45.9. The molecule has 17 atom stereocenters. The number of hydrogen-bond acceptors (Lipinski definition) is 18. The second-order valence-electron chi connectivity index (χ2n) is 13.7. The molecule has 0 bridgehead atoms. The van der Waals surface area contributed by atoms with E-state index in [1.807, 2.05) is 6.92 Å². The predicted molar refractivity (Wildman–Crippen MR) is 180 cm³/mol. The van der Waals surface area contributed by atoms with Crippen molar-refractivity contribution in [2.24, 2.45) is 0 Å². The smallest absolute Gasteiger partial charge is 0.220 e. The van der Waals surface area contributed by atoms with Crippen LogP contribution in [0.25, 0.3) is 0 Å². The normalized spacial score (nSPS) is 39.2. The molecule has 310 valence electrons. The maximum absolute atomic E-state index is 12.7. The SMILES string of the molecule is CCC/C=C/C(O)C(COC1OC(CO)C(OC2OC(CO)C(OC3OC(CO)C(O)C(O)C3O)C(O)C2O)C(O)C1O)NC(=O)CCCCCCC. The average molecular weight is 772 g/mol. The molecule has 3 fully saturated rings. The highest BCUT2D eigenvalue weighted by Gasteiger charge is 2.53. The van der Waals surface area contributed by atoms with Gasteiger partial charge in [-0.2, -0.15) is 0 Å². The lowest BCUT2D eigenvalue weighted by molar-refractivity contribution is -0.379. The van der Waals surface area contributed by atoms with Gasteiger partial charge in [-0.15, -0.1) is 0 Å². The Balaban J connectivity index is 1.65. The van der Waals surface area contributed by atoms with Crippen LogP contribution in [0.1, 0.15) is 65.2 Å². The summed E-state index contributed by atoms with van der Waals surface area (Å²) in [6, 6.07) is -0.957. The summed E-state index contributed by atoms with van der Waals surface area (Å²) >= 11 is 0. The first-order valence-electron chi connectivity index (χ1n) is 18.4. The van der Waals surface area contributed by atoms with Crippen molar-refractivity contribution in [1.29, 1.82) is 0 Å². The van der Waals surface area contributed by atoms with Gasteiger partial charge in [-0.25, -0.2) is 0 Å². The number of nitrogens with one attached hydrogen (secondary N) is 1. The van der Waals surface area contributed by atoms with E-state index in [1.54, 1.807) is 6.08 Å². The molecule has 0 saturated carbocycles. The Morgan fingerprint density at radius 2 is 1.17 bits per heavy atom. The van der Waals surface area contributed by atoms with Crippen LogP contribution >= 0.6 is 0 Å². The Labute approximate surface area is 308 Å². The van der Waals surface area contributed by atoms with Crippen LogP contribution in [0, 0.1) is 0 Å². The van der Waals surface area contributed by atoms with Crippen LogP contribution in [0.15, 0.2) is 12.2 Å². The summed E-state index contributed by atoms with van der Waals surface area (Å²) in [6.45, 7) is 1.28. The van der Waals surface area contributed by atoms with Crippen LogP contribution in [-0.2, 0) is 33.2 Å². The summed E-state index contributed by atoms with van der Waals surface area (Å²) < 4.78 is 33.5. The van der Waals surface area contributed by atoms with Crippen LogP contribution in [0.4, 0.5) is 0 Å². The van der Waals surface area contributed by atoms with E-state index < -0.39 is 124 Å². The van der Waals surface area contributed by atoms with Gasteiger partial charge in [0, 0.05) is 6.42 Å². The molecule has 3 saturated heterocycles. The van der Waals surface area contributed by atoms with Gasteiger partial charge in [0.25, 0.3) is 0 Å². The molecule has 0 aromatic heterocycles. The Morgan fingerprint density at radius 3 is 1.72 bits per heavy atom. The van der Waals surface area contributed by atoms with Gasteiger partial charge in [-0.05, 0) is 12.8 Å². The maximum atomic E-state index is 12.7. The van der Waals surface area contributed by atoms with Crippen molar-refractivity contribution in [3.05, 3.63) is 12.2 Å². The lowest BCUT2D eigenvalue weighted by atomic mass is 9.96. The highest BCUT2D eigenvalue weighted by molar-refractivity contribution is 5.76. The number of aliphatic hydroxyl groups is 11. The van der Waals surface area contributed by atoms with Crippen molar-refractivity contribution in [3.63, 3.8) is 0 Å². The summed E-state index contributed by atoms with van der Waals surface area (Å²) in [7, 11) is 0. The molecule has 12 N–H and O–H groups in total. The largest absolute Gasteiger partial charge is 0.394 e. The summed E-state index contributed by atoms with van der Waals surface area (Å²) in [5, 5.41) is 118. The minimum absolute atomic E-state index is 0.236. The van der Waals surface area contributed by atoms with Crippen LogP contribution in [0.2, 0.25) is 0 Å². The van der Waals surface area contributed by atoms with Gasteiger partial charge >= 0.3 is 0 Å². The maximum Gasteiger partial charge on any atom is 0.220 e. The van der Waals surface area contributed by atoms with Crippen molar-refractivity contribution < 1.29 is 89.4 Å². The third kappa shape index (κ3) is 12.5. The summed E-state index contributed by atoms with van der Waals surface area (Å²) in [5.74, 6) is -0.305. The molecule has 0 aromatic rings. The minimum atomic E-state index is -1.97. The average Bonchev–Trinajstić information content (AvgIpc) is 3.15. The standard InChI is InChI=1S/C34H61NO18/c1-3-5-7-8-10-12-22(40)35-17(18(39)11-9-6-4-2)16-48-32-28(46)25(43)30(20(14-37)50-32)53-34-29(47)26(44)31(21(15-38)51-34)52-33-27(45)24(42)23(41)19(13-36)49-33/h9,11,17-21,23-34,36-39,41-47H,3-8,10,12-16H2,1-2H3,(H,35,40)/b11-9+. The molecule has 17 unspecified atom stereocenters. The predicted octanol–water partition coefficient (Wildman–Crippen LogP) is -3.99. The lowest BCUT2D eigenvalue weighted by Gasteiger charge is -2.48. The molecule has 0 aliphatic carbocycles. The van der Waals surface area contributed by atoms with Crippen LogP contribution < -0.4 is 5.32 Å². The Kier molecular flexibility index (Phi) is 19.9. The van der Waals surface area contributed by atoms with E-state index in [9.17, 15) is 61.0 Å². The Hall–Kier alpha value is -1.47. The number of carbonyl (C=O) groups is 1. The highest BCUT2D eigenvalue weighted by atomic mass is 16.8.